The van der Waals surface area contributed by atoms with E-state index >= 15 is 0 Å². The molecule has 0 N–H and O–H groups in total. The van der Waals surface area contributed by atoms with Crippen LogP contribution in [0.4, 0.5) is 0 Å². The lowest BCUT2D eigenvalue weighted by molar-refractivity contribution is 0.196. The third-order valence-electron chi connectivity index (χ3n) is 3.89. The molecule has 1 saturated heterocycles. The van der Waals surface area contributed by atoms with E-state index in [1.54, 1.807) is 11.8 Å². The summed E-state index contributed by atoms with van der Waals surface area (Å²) in [4.78, 5) is 2.44. The van der Waals surface area contributed by atoms with E-state index in [9.17, 15) is 5.26 Å². The van der Waals surface area contributed by atoms with Crippen molar-refractivity contribution in [1.29, 1.82) is 5.26 Å². The Labute approximate surface area is 125 Å². The summed E-state index contributed by atoms with van der Waals surface area (Å²) < 4.78 is 5.56. The van der Waals surface area contributed by atoms with Crippen molar-refractivity contribution in [3.8, 4) is 11.8 Å². The molecule has 1 aliphatic rings. The molecule has 4 heteroatoms. The third kappa shape index (κ3) is 4.16. The Morgan fingerprint density at radius 2 is 2.00 bits per heavy atom. The van der Waals surface area contributed by atoms with Gasteiger partial charge in [-0.3, -0.25) is 0 Å². The van der Waals surface area contributed by atoms with Crippen LogP contribution < -0.4 is 4.74 Å². The van der Waals surface area contributed by atoms with Gasteiger partial charge in [-0.15, -0.1) is 11.8 Å². The molecular formula is C16H22N2OS. The number of piperidine rings is 1. The van der Waals surface area contributed by atoms with Crippen molar-refractivity contribution < 1.29 is 4.74 Å². The van der Waals surface area contributed by atoms with E-state index in [0.717, 1.165) is 51.3 Å². The number of hydrogen-bond donors (Lipinski definition) is 0. The Morgan fingerprint density at radius 3 is 2.60 bits per heavy atom. The van der Waals surface area contributed by atoms with E-state index in [2.05, 4.69) is 11.0 Å². The lowest BCUT2D eigenvalue weighted by Crippen LogP contribution is -2.42. The SMILES string of the molecule is CSC1(C#N)CCN(CCCOc2ccccc2)CC1. The molecule has 0 saturated carbocycles. The summed E-state index contributed by atoms with van der Waals surface area (Å²) in [5.74, 6) is 0.942. The number of likely N-dealkylation sites (tertiary alicyclic amines) is 1. The van der Waals surface area contributed by atoms with Crippen molar-refractivity contribution in [2.45, 2.75) is 24.0 Å². The fourth-order valence-corrected chi connectivity index (χ4v) is 3.18. The van der Waals surface area contributed by atoms with Crippen LogP contribution in [0.15, 0.2) is 30.3 Å². The van der Waals surface area contributed by atoms with Gasteiger partial charge in [-0.25, -0.2) is 0 Å². The molecule has 108 valence electrons. The first-order valence-electron chi connectivity index (χ1n) is 7.15. The fourth-order valence-electron chi connectivity index (χ4n) is 2.49. The maximum absolute atomic E-state index is 9.26. The quantitative estimate of drug-likeness (QED) is 0.754. The smallest absolute Gasteiger partial charge is 0.119 e. The average Bonchev–Trinajstić information content (AvgIpc) is 2.53. The summed E-state index contributed by atoms with van der Waals surface area (Å²) in [7, 11) is 0. The molecule has 1 aromatic carbocycles. The van der Waals surface area contributed by atoms with Crippen LogP contribution in [0.3, 0.4) is 0 Å². The zero-order chi connectivity index (χ0) is 14.3. The Kier molecular flexibility index (Phi) is 5.75. The highest BCUT2D eigenvalue weighted by Crippen LogP contribution is 2.33. The Morgan fingerprint density at radius 1 is 1.30 bits per heavy atom. The van der Waals surface area contributed by atoms with Crippen LogP contribution in [-0.4, -0.2) is 42.1 Å². The maximum atomic E-state index is 9.26. The third-order valence-corrected chi connectivity index (χ3v) is 5.17. The van der Waals surface area contributed by atoms with Crippen LogP contribution in [0.25, 0.3) is 0 Å². The highest BCUT2D eigenvalue weighted by atomic mass is 32.2. The van der Waals surface area contributed by atoms with E-state index in [0.29, 0.717) is 0 Å². The van der Waals surface area contributed by atoms with Gasteiger partial charge < -0.3 is 9.64 Å². The minimum Gasteiger partial charge on any atom is -0.494 e. The van der Waals surface area contributed by atoms with Gasteiger partial charge in [0, 0.05) is 19.6 Å². The van der Waals surface area contributed by atoms with Gasteiger partial charge in [0.05, 0.1) is 12.7 Å². The Balaban J connectivity index is 1.63. The van der Waals surface area contributed by atoms with Crippen LogP contribution in [-0.2, 0) is 0 Å². The molecular weight excluding hydrogens is 268 g/mol. The molecule has 2 rings (SSSR count). The van der Waals surface area contributed by atoms with Gasteiger partial charge in [-0.2, -0.15) is 5.26 Å². The molecule has 0 unspecified atom stereocenters. The maximum Gasteiger partial charge on any atom is 0.119 e. The molecule has 3 nitrogen and oxygen atoms in total. The normalized spacial score (nSPS) is 18.4. The molecule has 0 spiro atoms. The number of nitriles is 1. The van der Waals surface area contributed by atoms with Gasteiger partial charge in [0.1, 0.15) is 10.5 Å². The van der Waals surface area contributed by atoms with Crippen molar-refractivity contribution in [3.63, 3.8) is 0 Å². The number of hydrogen-bond acceptors (Lipinski definition) is 4. The number of benzene rings is 1. The number of thioether (sulfide) groups is 1. The summed E-state index contributed by atoms with van der Waals surface area (Å²) in [6.45, 7) is 3.87. The standard InChI is InChI=1S/C16H22N2OS/c1-20-16(14-17)8-11-18(12-9-16)10-5-13-19-15-6-3-2-4-7-15/h2-4,6-7H,5,8-13H2,1H3. The summed E-state index contributed by atoms with van der Waals surface area (Å²) in [6, 6.07) is 12.4. The van der Waals surface area contributed by atoms with E-state index in [4.69, 9.17) is 4.74 Å². The Hall–Kier alpha value is -1.18. The molecule has 1 fully saturated rings. The Bertz CT molecular complexity index is 436. The number of rotatable bonds is 6. The minimum absolute atomic E-state index is 0.142. The number of para-hydroxylation sites is 1. The molecule has 0 radical (unpaired) electrons. The highest BCUT2D eigenvalue weighted by Gasteiger charge is 2.33. The first-order valence-corrected chi connectivity index (χ1v) is 8.37. The molecule has 1 heterocycles. The van der Waals surface area contributed by atoms with E-state index in [-0.39, 0.29) is 4.75 Å². The van der Waals surface area contributed by atoms with Crippen molar-refractivity contribution in [3.05, 3.63) is 30.3 Å². The second kappa shape index (κ2) is 7.56. The van der Waals surface area contributed by atoms with Gasteiger partial charge in [0.15, 0.2) is 0 Å². The van der Waals surface area contributed by atoms with Crippen LogP contribution in [0.2, 0.25) is 0 Å². The predicted molar refractivity (Wildman–Crippen MR) is 84.1 cm³/mol. The number of nitrogens with zero attached hydrogens (tertiary/aromatic N) is 2. The lowest BCUT2D eigenvalue weighted by Gasteiger charge is -2.36. The van der Waals surface area contributed by atoms with Crippen LogP contribution >= 0.6 is 11.8 Å². The first-order chi connectivity index (χ1) is 9.78. The van der Waals surface area contributed by atoms with Crippen molar-refractivity contribution in [2.75, 3.05) is 32.5 Å². The average molecular weight is 290 g/mol. The van der Waals surface area contributed by atoms with Gasteiger partial charge in [-0.1, -0.05) is 18.2 Å². The molecule has 1 aromatic rings. The molecule has 0 aromatic heterocycles. The van der Waals surface area contributed by atoms with Crippen molar-refractivity contribution in [2.24, 2.45) is 0 Å². The summed E-state index contributed by atoms with van der Waals surface area (Å²) in [6.07, 6.45) is 5.04. The summed E-state index contributed by atoms with van der Waals surface area (Å²) in [5.41, 5.74) is 0. The fraction of sp³-hybridized carbons (Fsp3) is 0.562. The molecule has 1 aliphatic heterocycles. The first kappa shape index (κ1) is 15.2. The van der Waals surface area contributed by atoms with Crippen molar-refractivity contribution >= 4 is 11.8 Å². The summed E-state index contributed by atoms with van der Waals surface area (Å²) >= 11 is 1.71. The molecule has 0 atom stereocenters. The van der Waals surface area contributed by atoms with Gasteiger partial charge in [0.2, 0.25) is 0 Å². The topological polar surface area (TPSA) is 36.3 Å². The zero-order valence-corrected chi connectivity index (χ0v) is 12.9. The van der Waals surface area contributed by atoms with Crippen LogP contribution in [0.5, 0.6) is 5.75 Å². The molecule has 0 amide bonds. The number of ether oxygens (including phenoxy) is 1. The minimum atomic E-state index is -0.142. The highest BCUT2D eigenvalue weighted by molar-refractivity contribution is 8.00. The van der Waals surface area contributed by atoms with Crippen LogP contribution in [0.1, 0.15) is 19.3 Å². The summed E-state index contributed by atoms with van der Waals surface area (Å²) in [5, 5.41) is 9.26. The van der Waals surface area contributed by atoms with Crippen LogP contribution in [0, 0.1) is 11.3 Å². The van der Waals surface area contributed by atoms with E-state index < -0.39 is 0 Å². The second-order valence-corrected chi connectivity index (χ2v) is 6.36. The zero-order valence-electron chi connectivity index (χ0n) is 12.0. The second-order valence-electron chi connectivity index (χ2n) is 5.17. The lowest BCUT2D eigenvalue weighted by atomic mass is 9.97. The monoisotopic (exact) mass is 290 g/mol. The van der Waals surface area contributed by atoms with E-state index in [1.807, 2.05) is 36.6 Å². The van der Waals surface area contributed by atoms with Gasteiger partial charge in [0.25, 0.3) is 0 Å². The van der Waals surface area contributed by atoms with Gasteiger partial charge >= 0.3 is 0 Å². The van der Waals surface area contributed by atoms with E-state index in [1.165, 1.54) is 0 Å². The molecule has 0 bridgehead atoms. The van der Waals surface area contributed by atoms with Crippen molar-refractivity contribution in [1.82, 2.24) is 4.90 Å². The molecule has 20 heavy (non-hydrogen) atoms. The van der Waals surface area contributed by atoms with Gasteiger partial charge in [-0.05, 0) is 37.7 Å². The molecule has 0 aliphatic carbocycles. The largest absolute Gasteiger partial charge is 0.494 e. The predicted octanol–water partition coefficient (Wildman–Crippen LogP) is 3.18.